The van der Waals surface area contributed by atoms with Gasteiger partial charge in [-0.2, -0.15) is 5.10 Å². The Morgan fingerprint density at radius 1 is 1.53 bits per heavy atom. The minimum Gasteiger partial charge on any atom is -0.353 e. The Kier molecular flexibility index (Phi) is 2.21. The molecule has 0 atom stereocenters. The lowest BCUT2D eigenvalue weighted by Gasteiger charge is -2.04. The number of hydrogen-bond donors (Lipinski definition) is 2. The van der Waals surface area contributed by atoms with Gasteiger partial charge in [0.15, 0.2) is 0 Å². The molecule has 88 valence electrons. The molecular formula is C11H13N5O. The van der Waals surface area contributed by atoms with Gasteiger partial charge < -0.3 is 5.32 Å². The molecule has 17 heavy (non-hydrogen) atoms. The molecule has 0 saturated heterocycles. The van der Waals surface area contributed by atoms with Crippen LogP contribution in [-0.4, -0.2) is 25.8 Å². The van der Waals surface area contributed by atoms with Crippen molar-refractivity contribution in [1.29, 1.82) is 0 Å². The van der Waals surface area contributed by atoms with Crippen molar-refractivity contribution in [1.82, 2.24) is 19.7 Å². The van der Waals surface area contributed by atoms with E-state index in [1.165, 1.54) is 6.07 Å². The predicted molar refractivity (Wildman–Crippen MR) is 63.7 cm³/mol. The van der Waals surface area contributed by atoms with Gasteiger partial charge in [-0.1, -0.05) is 0 Å². The smallest absolute Gasteiger partial charge is 0.252 e. The number of anilines is 1. The molecule has 2 aromatic rings. The first-order valence-electron chi connectivity index (χ1n) is 5.57. The SMILES string of the molecule is Cn1cc(-c2cc(=O)[nH]c(NC3CC3)n2)cn1. The summed E-state index contributed by atoms with van der Waals surface area (Å²) in [6, 6.07) is 1.94. The van der Waals surface area contributed by atoms with Gasteiger partial charge in [0.25, 0.3) is 5.56 Å². The lowest BCUT2D eigenvalue weighted by atomic mass is 10.2. The van der Waals surface area contributed by atoms with E-state index in [4.69, 9.17) is 0 Å². The number of aryl methyl sites for hydroxylation is 1. The zero-order valence-corrected chi connectivity index (χ0v) is 9.47. The Morgan fingerprint density at radius 2 is 2.35 bits per heavy atom. The van der Waals surface area contributed by atoms with Crippen LogP contribution in [0, 0.1) is 0 Å². The number of nitrogens with zero attached hydrogens (tertiary/aromatic N) is 3. The van der Waals surface area contributed by atoms with E-state index >= 15 is 0 Å². The standard InChI is InChI=1S/C11H13N5O/c1-16-6-7(5-12-16)9-4-10(17)15-11(14-9)13-8-2-3-8/h4-6,8H,2-3H2,1H3,(H2,13,14,15,17). The molecule has 0 unspecified atom stereocenters. The summed E-state index contributed by atoms with van der Waals surface area (Å²) in [7, 11) is 1.83. The third kappa shape index (κ3) is 2.20. The van der Waals surface area contributed by atoms with Crippen LogP contribution < -0.4 is 10.9 Å². The molecule has 6 nitrogen and oxygen atoms in total. The fourth-order valence-electron chi connectivity index (χ4n) is 1.65. The number of hydrogen-bond acceptors (Lipinski definition) is 4. The van der Waals surface area contributed by atoms with Crippen LogP contribution in [0.5, 0.6) is 0 Å². The van der Waals surface area contributed by atoms with Crippen LogP contribution in [0.3, 0.4) is 0 Å². The fourth-order valence-corrected chi connectivity index (χ4v) is 1.65. The van der Waals surface area contributed by atoms with E-state index < -0.39 is 0 Å². The van der Waals surface area contributed by atoms with Crippen LogP contribution in [0.15, 0.2) is 23.3 Å². The molecule has 2 N–H and O–H groups in total. The monoisotopic (exact) mass is 231 g/mol. The first-order chi connectivity index (χ1) is 8.20. The Balaban J connectivity index is 1.98. The van der Waals surface area contributed by atoms with E-state index in [9.17, 15) is 4.79 Å². The van der Waals surface area contributed by atoms with Crippen molar-refractivity contribution in [3.05, 3.63) is 28.8 Å². The fraction of sp³-hybridized carbons (Fsp3) is 0.364. The number of H-pyrrole nitrogens is 1. The zero-order chi connectivity index (χ0) is 11.8. The van der Waals surface area contributed by atoms with Crippen LogP contribution in [-0.2, 0) is 7.05 Å². The van der Waals surface area contributed by atoms with Gasteiger partial charge in [-0.15, -0.1) is 0 Å². The maximum absolute atomic E-state index is 11.5. The van der Waals surface area contributed by atoms with Gasteiger partial charge in [0.05, 0.1) is 11.9 Å². The summed E-state index contributed by atoms with van der Waals surface area (Å²) >= 11 is 0. The summed E-state index contributed by atoms with van der Waals surface area (Å²) in [5.74, 6) is 0.541. The molecule has 0 radical (unpaired) electrons. The highest BCUT2D eigenvalue weighted by Crippen LogP contribution is 2.23. The highest BCUT2D eigenvalue weighted by molar-refractivity contribution is 5.57. The first-order valence-corrected chi connectivity index (χ1v) is 5.57. The molecule has 1 saturated carbocycles. The van der Waals surface area contributed by atoms with Gasteiger partial charge in [-0.25, -0.2) is 4.98 Å². The molecule has 0 amide bonds. The molecule has 1 aliphatic rings. The summed E-state index contributed by atoms with van der Waals surface area (Å²) in [4.78, 5) is 18.6. The van der Waals surface area contributed by atoms with Crippen molar-refractivity contribution in [2.45, 2.75) is 18.9 Å². The van der Waals surface area contributed by atoms with Gasteiger partial charge in [0, 0.05) is 30.9 Å². The summed E-state index contributed by atoms with van der Waals surface area (Å²) in [5, 5.41) is 7.25. The molecule has 3 rings (SSSR count). The third-order valence-corrected chi connectivity index (χ3v) is 2.66. The number of nitrogens with one attached hydrogen (secondary N) is 2. The van der Waals surface area contributed by atoms with E-state index in [-0.39, 0.29) is 5.56 Å². The Hall–Kier alpha value is -2.11. The van der Waals surface area contributed by atoms with E-state index in [2.05, 4.69) is 20.4 Å². The molecule has 0 bridgehead atoms. The summed E-state index contributed by atoms with van der Waals surface area (Å²) in [5.41, 5.74) is 1.34. The molecule has 0 spiro atoms. The van der Waals surface area contributed by atoms with Crippen molar-refractivity contribution in [3.63, 3.8) is 0 Å². The summed E-state index contributed by atoms with van der Waals surface area (Å²) in [6.07, 6.45) is 5.81. The van der Waals surface area contributed by atoms with Gasteiger partial charge >= 0.3 is 0 Å². The number of aromatic nitrogens is 4. The summed E-state index contributed by atoms with van der Waals surface area (Å²) < 4.78 is 1.69. The van der Waals surface area contributed by atoms with Crippen molar-refractivity contribution < 1.29 is 0 Å². The van der Waals surface area contributed by atoms with Gasteiger partial charge in [0.2, 0.25) is 5.95 Å². The quantitative estimate of drug-likeness (QED) is 0.817. The predicted octanol–water partition coefficient (Wildman–Crippen LogP) is 0.745. The van der Waals surface area contributed by atoms with Crippen LogP contribution in [0.25, 0.3) is 11.3 Å². The van der Waals surface area contributed by atoms with Crippen LogP contribution >= 0.6 is 0 Å². The van der Waals surface area contributed by atoms with Crippen molar-refractivity contribution >= 4 is 5.95 Å². The second-order valence-electron chi connectivity index (χ2n) is 4.30. The van der Waals surface area contributed by atoms with Crippen molar-refractivity contribution in [3.8, 4) is 11.3 Å². The maximum Gasteiger partial charge on any atom is 0.252 e. The Morgan fingerprint density at radius 3 is 3.00 bits per heavy atom. The van der Waals surface area contributed by atoms with E-state index in [0.29, 0.717) is 17.7 Å². The Labute approximate surface area is 97.7 Å². The first kappa shape index (κ1) is 10.1. The maximum atomic E-state index is 11.5. The lowest BCUT2D eigenvalue weighted by Crippen LogP contribution is -2.13. The van der Waals surface area contributed by atoms with Crippen molar-refractivity contribution in [2.24, 2.45) is 7.05 Å². The van der Waals surface area contributed by atoms with Gasteiger partial charge in [-0.05, 0) is 12.8 Å². The molecular weight excluding hydrogens is 218 g/mol. The molecule has 2 heterocycles. The largest absolute Gasteiger partial charge is 0.353 e. The molecule has 2 aromatic heterocycles. The summed E-state index contributed by atoms with van der Waals surface area (Å²) in [6.45, 7) is 0. The van der Waals surface area contributed by atoms with E-state index in [1.807, 2.05) is 13.2 Å². The normalized spacial score (nSPS) is 14.9. The molecule has 1 aliphatic carbocycles. The number of rotatable bonds is 3. The second-order valence-corrected chi connectivity index (χ2v) is 4.30. The minimum absolute atomic E-state index is 0.151. The van der Waals surface area contributed by atoms with Crippen molar-refractivity contribution in [2.75, 3.05) is 5.32 Å². The average molecular weight is 231 g/mol. The molecule has 1 fully saturated rings. The van der Waals surface area contributed by atoms with Gasteiger partial charge in [0.1, 0.15) is 0 Å². The van der Waals surface area contributed by atoms with Crippen LogP contribution in [0.1, 0.15) is 12.8 Å². The number of aromatic amines is 1. The molecule has 0 aliphatic heterocycles. The topological polar surface area (TPSA) is 75.6 Å². The lowest BCUT2D eigenvalue weighted by molar-refractivity contribution is 0.768. The molecule has 0 aromatic carbocycles. The second kappa shape index (κ2) is 3.73. The highest BCUT2D eigenvalue weighted by atomic mass is 16.1. The van der Waals surface area contributed by atoms with Crippen LogP contribution in [0.4, 0.5) is 5.95 Å². The minimum atomic E-state index is -0.151. The van der Waals surface area contributed by atoms with Crippen LogP contribution in [0.2, 0.25) is 0 Å². The molecule has 6 heteroatoms. The van der Waals surface area contributed by atoms with E-state index in [0.717, 1.165) is 18.4 Å². The van der Waals surface area contributed by atoms with E-state index in [1.54, 1.807) is 10.9 Å². The Bertz CT molecular complexity index is 596. The highest BCUT2D eigenvalue weighted by Gasteiger charge is 2.21. The van der Waals surface area contributed by atoms with Gasteiger partial charge in [-0.3, -0.25) is 14.5 Å². The average Bonchev–Trinajstić information content (AvgIpc) is 2.97. The third-order valence-electron chi connectivity index (χ3n) is 2.66. The zero-order valence-electron chi connectivity index (χ0n) is 9.47.